The molecule has 2 aliphatic heterocycles. The Morgan fingerprint density at radius 3 is 2.93 bits per heavy atom. The van der Waals surface area contributed by atoms with E-state index >= 15 is 0 Å². The summed E-state index contributed by atoms with van der Waals surface area (Å²) in [5.74, 6) is 0.975. The van der Waals surface area contributed by atoms with Crippen molar-refractivity contribution in [2.45, 2.75) is 31.7 Å². The summed E-state index contributed by atoms with van der Waals surface area (Å²) in [6.45, 7) is 2.33. The highest BCUT2D eigenvalue weighted by Crippen LogP contribution is 2.28. The van der Waals surface area contributed by atoms with Crippen molar-refractivity contribution in [2.24, 2.45) is 13.0 Å². The average molecular weight is 368 g/mol. The molecule has 0 spiro atoms. The van der Waals surface area contributed by atoms with Gasteiger partial charge in [0.05, 0.1) is 18.2 Å². The topological polar surface area (TPSA) is 84.2 Å². The molecule has 8 heteroatoms. The molecular formula is C19H24N6O2. The Balaban J connectivity index is 1.39. The van der Waals surface area contributed by atoms with Crippen LogP contribution in [-0.4, -0.2) is 61.0 Å². The number of aromatic nitrogens is 4. The van der Waals surface area contributed by atoms with Gasteiger partial charge in [0.2, 0.25) is 11.8 Å². The van der Waals surface area contributed by atoms with Crippen LogP contribution < -0.4 is 0 Å². The van der Waals surface area contributed by atoms with Gasteiger partial charge in [0.15, 0.2) is 0 Å². The van der Waals surface area contributed by atoms with Crippen molar-refractivity contribution >= 4 is 11.8 Å². The number of hydrogen-bond acceptors (Lipinski definition) is 5. The smallest absolute Gasteiger partial charge is 0.228 e. The highest BCUT2D eigenvalue weighted by Gasteiger charge is 2.38. The molecule has 2 fully saturated rings. The molecule has 8 nitrogen and oxygen atoms in total. The van der Waals surface area contributed by atoms with Crippen LogP contribution in [-0.2, 0) is 23.2 Å². The predicted molar refractivity (Wildman–Crippen MR) is 97.3 cm³/mol. The van der Waals surface area contributed by atoms with E-state index in [9.17, 15) is 9.59 Å². The highest BCUT2D eigenvalue weighted by molar-refractivity contribution is 5.89. The van der Waals surface area contributed by atoms with Crippen LogP contribution in [0.4, 0.5) is 0 Å². The molecule has 0 aromatic carbocycles. The minimum absolute atomic E-state index is 0.0286. The first-order valence-electron chi connectivity index (χ1n) is 9.42. The van der Waals surface area contributed by atoms with E-state index in [0.29, 0.717) is 19.6 Å². The molecule has 2 saturated heterocycles. The van der Waals surface area contributed by atoms with Crippen molar-refractivity contribution in [2.75, 3.05) is 19.6 Å². The first-order valence-corrected chi connectivity index (χ1v) is 9.42. The Morgan fingerprint density at radius 2 is 2.19 bits per heavy atom. The van der Waals surface area contributed by atoms with E-state index in [1.54, 1.807) is 17.4 Å². The number of pyridine rings is 1. The van der Waals surface area contributed by atoms with Gasteiger partial charge in [-0.05, 0) is 25.0 Å². The summed E-state index contributed by atoms with van der Waals surface area (Å²) in [6, 6.07) is 5.66. The lowest BCUT2D eigenvalue weighted by Crippen LogP contribution is -2.43. The van der Waals surface area contributed by atoms with Gasteiger partial charge in [0.1, 0.15) is 12.2 Å². The van der Waals surface area contributed by atoms with Crippen molar-refractivity contribution in [3.8, 4) is 0 Å². The van der Waals surface area contributed by atoms with Crippen LogP contribution >= 0.6 is 0 Å². The number of amides is 2. The number of hydrogen-bond donors (Lipinski definition) is 0. The summed E-state index contributed by atoms with van der Waals surface area (Å²) >= 11 is 0. The number of rotatable bonds is 4. The molecule has 27 heavy (non-hydrogen) atoms. The van der Waals surface area contributed by atoms with Gasteiger partial charge in [-0.25, -0.2) is 0 Å². The zero-order valence-electron chi connectivity index (χ0n) is 15.5. The molecule has 142 valence electrons. The Kier molecular flexibility index (Phi) is 4.87. The average Bonchev–Trinajstić information content (AvgIpc) is 3.28. The molecule has 2 atom stereocenters. The standard InChI is InChI=1S/C19H24N6O2/c1-23-13-21-22-18(23)14-5-4-8-24(10-14)19(27)15-9-17(26)25(11-15)12-16-6-2-3-7-20-16/h2-3,6-7,13-15H,4-5,8-12H2,1H3/t14-,15-/m1/s1. The number of piperidine rings is 1. The van der Waals surface area contributed by atoms with Gasteiger partial charge < -0.3 is 14.4 Å². The lowest BCUT2D eigenvalue weighted by molar-refractivity contribution is -0.137. The maximum atomic E-state index is 13.0. The molecule has 0 N–H and O–H groups in total. The van der Waals surface area contributed by atoms with E-state index in [1.165, 1.54) is 0 Å². The highest BCUT2D eigenvalue weighted by atomic mass is 16.2. The first-order chi connectivity index (χ1) is 13.1. The van der Waals surface area contributed by atoms with Gasteiger partial charge in [-0.3, -0.25) is 14.6 Å². The summed E-state index contributed by atoms with van der Waals surface area (Å²) in [5.41, 5.74) is 0.847. The van der Waals surface area contributed by atoms with E-state index in [1.807, 2.05) is 34.7 Å². The van der Waals surface area contributed by atoms with Crippen molar-refractivity contribution in [1.82, 2.24) is 29.5 Å². The van der Waals surface area contributed by atoms with E-state index in [2.05, 4.69) is 15.2 Å². The van der Waals surface area contributed by atoms with E-state index in [0.717, 1.165) is 30.9 Å². The summed E-state index contributed by atoms with van der Waals surface area (Å²) < 4.78 is 1.92. The van der Waals surface area contributed by atoms with Crippen molar-refractivity contribution < 1.29 is 9.59 Å². The minimum atomic E-state index is -0.264. The Bertz CT molecular complexity index is 821. The third-order valence-electron chi connectivity index (χ3n) is 5.49. The fourth-order valence-electron chi connectivity index (χ4n) is 4.09. The van der Waals surface area contributed by atoms with Gasteiger partial charge in [-0.15, -0.1) is 10.2 Å². The molecule has 4 rings (SSSR count). The largest absolute Gasteiger partial charge is 0.342 e. The third-order valence-corrected chi connectivity index (χ3v) is 5.49. The summed E-state index contributed by atoms with van der Waals surface area (Å²) in [6.07, 6.45) is 5.66. The molecule has 0 unspecified atom stereocenters. The second kappa shape index (κ2) is 7.46. The van der Waals surface area contributed by atoms with Crippen LogP contribution in [0.3, 0.4) is 0 Å². The number of nitrogens with zero attached hydrogens (tertiary/aromatic N) is 6. The van der Waals surface area contributed by atoms with Crippen molar-refractivity contribution in [3.63, 3.8) is 0 Å². The normalized spacial score (nSPS) is 23.1. The minimum Gasteiger partial charge on any atom is -0.342 e. The molecule has 0 bridgehead atoms. The molecule has 2 aromatic heterocycles. The SMILES string of the molecule is Cn1cnnc1[C@@H]1CCCN(C(=O)[C@@H]2CC(=O)N(Cc3ccccn3)C2)C1. The zero-order valence-corrected chi connectivity index (χ0v) is 15.5. The van der Waals surface area contributed by atoms with Crippen LogP contribution in [0.25, 0.3) is 0 Å². The number of carbonyl (C=O) groups is 2. The quantitative estimate of drug-likeness (QED) is 0.803. The maximum Gasteiger partial charge on any atom is 0.228 e. The predicted octanol–water partition coefficient (Wildman–Crippen LogP) is 0.965. The van der Waals surface area contributed by atoms with Crippen molar-refractivity contribution in [1.29, 1.82) is 0 Å². The van der Waals surface area contributed by atoms with Gasteiger partial charge in [0.25, 0.3) is 0 Å². The molecule has 0 aliphatic carbocycles. The van der Waals surface area contributed by atoms with Gasteiger partial charge >= 0.3 is 0 Å². The van der Waals surface area contributed by atoms with Gasteiger partial charge in [-0.2, -0.15) is 0 Å². The summed E-state index contributed by atoms with van der Waals surface area (Å²) in [4.78, 5) is 33.3. The first kappa shape index (κ1) is 17.6. The second-order valence-corrected chi connectivity index (χ2v) is 7.42. The van der Waals surface area contributed by atoms with Crippen LogP contribution in [0.15, 0.2) is 30.7 Å². The number of carbonyl (C=O) groups excluding carboxylic acids is 2. The van der Waals surface area contributed by atoms with E-state index in [-0.39, 0.29) is 30.1 Å². The zero-order chi connectivity index (χ0) is 18.8. The Hall–Kier alpha value is -2.77. The third kappa shape index (κ3) is 3.70. The van der Waals surface area contributed by atoms with Crippen LogP contribution in [0.1, 0.15) is 36.7 Å². The number of likely N-dealkylation sites (tertiary alicyclic amines) is 2. The van der Waals surface area contributed by atoms with Crippen molar-refractivity contribution in [3.05, 3.63) is 42.2 Å². The maximum absolute atomic E-state index is 13.0. The van der Waals surface area contributed by atoms with Gasteiger partial charge in [-0.1, -0.05) is 6.07 Å². The fraction of sp³-hybridized carbons (Fsp3) is 0.526. The summed E-state index contributed by atoms with van der Waals surface area (Å²) in [7, 11) is 1.93. The molecule has 2 amide bonds. The molecule has 0 radical (unpaired) electrons. The lowest BCUT2D eigenvalue weighted by atomic mass is 9.95. The van der Waals surface area contributed by atoms with E-state index < -0.39 is 0 Å². The molecular weight excluding hydrogens is 344 g/mol. The second-order valence-electron chi connectivity index (χ2n) is 7.42. The lowest BCUT2D eigenvalue weighted by Gasteiger charge is -2.33. The van der Waals surface area contributed by atoms with E-state index in [4.69, 9.17) is 0 Å². The van der Waals surface area contributed by atoms with Crippen LogP contribution in [0.2, 0.25) is 0 Å². The summed E-state index contributed by atoms with van der Waals surface area (Å²) in [5, 5.41) is 8.16. The van der Waals surface area contributed by atoms with Gasteiger partial charge in [0, 0.05) is 45.2 Å². The molecule has 2 aliphatic rings. The Morgan fingerprint density at radius 1 is 1.30 bits per heavy atom. The molecule has 4 heterocycles. The fourth-order valence-corrected chi connectivity index (χ4v) is 4.09. The number of aryl methyl sites for hydroxylation is 1. The van der Waals surface area contributed by atoms with Crippen LogP contribution in [0, 0.1) is 5.92 Å². The van der Waals surface area contributed by atoms with Crippen LogP contribution in [0.5, 0.6) is 0 Å². The Labute approximate surface area is 158 Å². The molecule has 0 saturated carbocycles. The monoisotopic (exact) mass is 368 g/mol. The molecule has 2 aromatic rings.